The fourth-order valence-electron chi connectivity index (χ4n) is 4.77. The molecule has 4 rings (SSSR count). The van der Waals surface area contributed by atoms with Crippen molar-refractivity contribution in [1.29, 1.82) is 0 Å². The van der Waals surface area contributed by atoms with E-state index in [-0.39, 0.29) is 98.9 Å². The zero-order valence-electron chi connectivity index (χ0n) is 21.6. The number of phenolic OH excluding ortho intramolecular Hbond substituents is 1. The highest BCUT2D eigenvalue weighted by atomic mass is 35.5. The number of halogens is 2. The number of hydrogen-bond acceptors (Lipinski definition) is 7. The van der Waals surface area contributed by atoms with Crippen LogP contribution in [0, 0.1) is 0 Å². The molecule has 0 aromatic heterocycles. The van der Waals surface area contributed by atoms with Gasteiger partial charge in [-0.05, 0) is 61.1 Å². The smallest absolute Gasteiger partial charge is 0.336 e. The van der Waals surface area contributed by atoms with Crippen molar-refractivity contribution in [3.63, 3.8) is 0 Å². The van der Waals surface area contributed by atoms with E-state index >= 15 is 0 Å². The van der Waals surface area contributed by atoms with Crippen LogP contribution in [0.25, 0.3) is 33.4 Å². The Bertz CT molecular complexity index is 1810. The lowest BCUT2D eigenvalue weighted by Gasteiger charge is -2.20. The van der Waals surface area contributed by atoms with Gasteiger partial charge in [0, 0.05) is 34.9 Å². The molecule has 0 unspecified atom stereocenters. The number of fused-ring (bicyclic) bond motifs is 2. The first-order chi connectivity index (χ1) is 19.8. The molecule has 0 saturated carbocycles. The maximum absolute atomic E-state index is 13.1. The topological polar surface area (TPSA) is 200 Å². The Morgan fingerprint density at radius 1 is 0.762 bits per heavy atom. The second-order valence-electron chi connectivity index (χ2n) is 9.47. The zero-order valence-corrected chi connectivity index (χ0v) is 23.1. The Kier molecular flexibility index (Phi) is 8.74. The SMILES string of the molecule is O=C(O)CCCc1cc2c(-c3ccc(C(=O)O)c(C(=O)O)c3)c3cc(CCCC(=O)O)c(=O)c(Cl)c-3oc2c(Cl)c1O. The molecule has 218 valence electrons. The largest absolute Gasteiger partial charge is 0.506 e. The van der Waals surface area contributed by atoms with E-state index in [2.05, 4.69) is 0 Å². The molecule has 0 amide bonds. The van der Waals surface area contributed by atoms with Crippen LogP contribution >= 0.6 is 23.2 Å². The number of hydrogen-bond donors (Lipinski definition) is 5. The molecule has 0 fully saturated rings. The van der Waals surface area contributed by atoms with E-state index in [1.54, 1.807) is 0 Å². The van der Waals surface area contributed by atoms with Gasteiger partial charge in [0.25, 0.3) is 0 Å². The Balaban J connectivity index is 2.11. The molecule has 11 nitrogen and oxygen atoms in total. The number of carboxylic acid groups (broad SMARTS) is 4. The van der Waals surface area contributed by atoms with Crippen molar-refractivity contribution in [2.75, 3.05) is 0 Å². The third-order valence-corrected chi connectivity index (χ3v) is 7.41. The molecule has 0 bridgehead atoms. The standard InChI is InChI=1S/C29H22Cl2O11/c30-22-24(36)13(3-1-5-19(32)33)10-17-21(12-7-8-15(28(38)39)16(9-12)29(40)41)18-11-14(4-2-6-20(34)35)25(37)23(31)27(18)42-26(17)22/h7-11,36H,1-6H2,(H,32,33)(H,34,35)(H,38,39)(H,40,41). The van der Waals surface area contributed by atoms with E-state index < -0.39 is 40.4 Å². The third kappa shape index (κ3) is 5.88. The highest BCUT2D eigenvalue weighted by molar-refractivity contribution is 6.37. The summed E-state index contributed by atoms with van der Waals surface area (Å²) in [5.74, 6) is -5.61. The van der Waals surface area contributed by atoms with Crippen molar-refractivity contribution in [1.82, 2.24) is 0 Å². The van der Waals surface area contributed by atoms with E-state index in [0.717, 1.165) is 12.1 Å². The average molecular weight is 617 g/mol. The number of rotatable bonds is 11. The van der Waals surface area contributed by atoms with Crippen molar-refractivity contribution in [2.24, 2.45) is 0 Å². The van der Waals surface area contributed by atoms with E-state index in [4.69, 9.17) is 37.8 Å². The van der Waals surface area contributed by atoms with Crippen molar-refractivity contribution in [2.45, 2.75) is 38.5 Å². The Morgan fingerprint density at radius 3 is 1.93 bits per heavy atom. The van der Waals surface area contributed by atoms with Crippen LogP contribution in [0.15, 0.2) is 39.5 Å². The van der Waals surface area contributed by atoms with E-state index in [9.17, 15) is 39.3 Å². The van der Waals surface area contributed by atoms with Gasteiger partial charge in [-0.2, -0.15) is 0 Å². The molecule has 0 atom stereocenters. The van der Waals surface area contributed by atoms with Crippen LogP contribution in [-0.4, -0.2) is 49.4 Å². The Labute approximate surface area is 246 Å². The van der Waals surface area contributed by atoms with Gasteiger partial charge in [0.15, 0.2) is 11.3 Å². The molecule has 13 heteroatoms. The summed E-state index contributed by atoms with van der Waals surface area (Å²) in [6.07, 6.45) is 0.0237. The molecular weight excluding hydrogens is 595 g/mol. The van der Waals surface area contributed by atoms with Crippen molar-refractivity contribution in [3.8, 4) is 28.2 Å². The number of benzene rings is 3. The number of carboxylic acids is 4. The van der Waals surface area contributed by atoms with Gasteiger partial charge in [-0.1, -0.05) is 29.3 Å². The van der Waals surface area contributed by atoms with Gasteiger partial charge in [0.1, 0.15) is 15.8 Å². The molecular formula is C29H22Cl2O11. The summed E-state index contributed by atoms with van der Waals surface area (Å²) in [6.45, 7) is 0. The lowest BCUT2D eigenvalue weighted by molar-refractivity contribution is -0.138. The number of aryl methyl sites for hydroxylation is 2. The van der Waals surface area contributed by atoms with Crippen LogP contribution in [0.4, 0.5) is 0 Å². The van der Waals surface area contributed by atoms with E-state index in [1.165, 1.54) is 18.2 Å². The van der Waals surface area contributed by atoms with E-state index in [0.29, 0.717) is 0 Å². The van der Waals surface area contributed by atoms with Gasteiger partial charge < -0.3 is 29.9 Å². The van der Waals surface area contributed by atoms with Gasteiger partial charge in [0.05, 0.1) is 11.1 Å². The summed E-state index contributed by atoms with van der Waals surface area (Å²) in [5, 5.41) is 47.7. The van der Waals surface area contributed by atoms with Crippen LogP contribution in [0.5, 0.6) is 5.75 Å². The predicted molar refractivity (Wildman–Crippen MR) is 151 cm³/mol. The van der Waals surface area contributed by atoms with Gasteiger partial charge in [0.2, 0.25) is 5.43 Å². The minimum absolute atomic E-state index is 0.0490. The number of carbonyl (C=O) groups is 4. The molecule has 0 saturated heterocycles. The van der Waals surface area contributed by atoms with Crippen molar-refractivity contribution >= 4 is 58.0 Å². The minimum Gasteiger partial charge on any atom is -0.506 e. The monoisotopic (exact) mass is 616 g/mol. The van der Waals surface area contributed by atoms with Gasteiger partial charge in [-0.15, -0.1) is 0 Å². The minimum atomic E-state index is -1.51. The van der Waals surface area contributed by atoms with Crippen LogP contribution in [0.3, 0.4) is 0 Å². The summed E-state index contributed by atoms with van der Waals surface area (Å²) >= 11 is 12.9. The molecule has 2 aromatic rings. The predicted octanol–water partition coefficient (Wildman–Crippen LogP) is 5.79. The lowest BCUT2D eigenvalue weighted by atomic mass is 9.89. The quantitative estimate of drug-likeness (QED) is 0.128. The summed E-state index contributed by atoms with van der Waals surface area (Å²) in [4.78, 5) is 58.8. The van der Waals surface area contributed by atoms with E-state index in [1.807, 2.05) is 0 Å². The maximum Gasteiger partial charge on any atom is 0.336 e. The number of aliphatic carboxylic acids is 2. The molecule has 0 spiro atoms. The maximum atomic E-state index is 13.1. The first-order valence-corrected chi connectivity index (χ1v) is 13.2. The summed E-state index contributed by atoms with van der Waals surface area (Å²) < 4.78 is 5.94. The molecule has 2 aromatic carbocycles. The summed E-state index contributed by atoms with van der Waals surface area (Å²) in [6, 6.07) is 6.54. The fourth-order valence-corrected chi connectivity index (χ4v) is 5.29. The van der Waals surface area contributed by atoms with Crippen molar-refractivity contribution < 1.29 is 49.1 Å². The number of aromatic carboxylic acids is 2. The highest BCUT2D eigenvalue weighted by Crippen LogP contribution is 2.47. The first-order valence-electron chi connectivity index (χ1n) is 12.5. The molecule has 1 heterocycles. The second-order valence-corrected chi connectivity index (χ2v) is 10.2. The van der Waals surface area contributed by atoms with Gasteiger partial charge in [-0.3, -0.25) is 14.4 Å². The molecule has 2 aliphatic rings. The highest BCUT2D eigenvalue weighted by Gasteiger charge is 2.28. The fraction of sp³-hybridized carbons (Fsp3) is 0.207. The molecule has 5 N–H and O–H groups in total. The second kappa shape index (κ2) is 12.1. The Hall–Kier alpha value is -4.61. The lowest BCUT2D eigenvalue weighted by Crippen LogP contribution is -2.13. The Morgan fingerprint density at radius 2 is 1.36 bits per heavy atom. The normalized spacial score (nSPS) is 11.2. The summed E-state index contributed by atoms with van der Waals surface area (Å²) in [7, 11) is 0. The molecule has 1 aliphatic heterocycles. The van der Waals surface area contributed by atoms with Gasteiger partial charge >= 0.3 is 23.9 Å². The zero-order chi connectivity index (χ0) is 30.9. The van der Waals surface area contributed by atoms with Crippen LogP contribution in [-0.2, 0) is 22.4 Å². The van der Waals surface area contributed by atoms with Crippen molar-refractivity contribution in [3.05, 3.63) is 72.9 Å². The summed E-state index contributed by atoms with van der Waals surface area (Å²) in [5.41, 5.74) is -0.660. The first kappa shape index (κ1) is 30.4. The van der Waals surface area contributed by atoms with Gasteiger partial charge in [-0.25, -0.2) is 9.59 Å². The van der Waals surface area contributed by atoms with Crippen LogP contribution < -0.4 is 5.43 Å². The average Bonchev–Trinajstić information content (AvgIpc) is 2.92. The molecule has 0 radical (unpaired) electrons. The molecule has 42 heavy (non-hydrogen) atoms. The number of aromatic hydroxyl groups is 1. The third-order valence-electron chi connectivity index (χ3n) is 6.71. The van der Waals surface area contributed by atoms with Crippen LogP contribution in [0.2, 0.25) is 10.0 Å². The van der Waals surface area contributed by atoms with Crippen LogP contribution in [0.1, 0.15) is 57.5 Å². The number of phenols is 1. The molecule has 1 aliphatic carbocycles.